The molecule has 2 atom stereocenters. The molecule has 4 N–H and O–H groups in total. The van der Waals surface area contributed by atoms with Crippen molar-refractivity contribution < 1.29 is 9.53 Å². The van der Waals surface area contributed by atoms with E-state index in [-0.39, 0.29) is 23.3 Å². The third-order valence-corrected chi connectivity index (χ3v) is 3.82. The maximum Gasteiger partial charge on any atom is 0.221 e. The third kappa shape index (κ3) is 1.72. The van der Waals surface area contributed by atoms with E-state index in [9.17, 15) is 4.79 Å². The average Bonchev–Trinajstić information content (AvgIpc) is 2.95. The van der Waals surface area contributed by atoms with Gasteiger partial charge in [-0.25, -0.2) is 0 Å². The van der Waals surface area contributed by atoms with Crippen LogP contribution in [0.2, 0.25) is 0 Å². The molecule has 0 unspecified atom stereocenters. The summed E-state index contributed by atoms with van der Waals surface area (Å²) in [5, 5.41) is 0. The minimum absolute atomic E-state index is 0.0558. The molecule has 1 aromatic rings. The highest BCUT2D eigenvalue weighted by Crippen LogP contribution is 2.51. The Balaban J connectivity index is 1.93. The van der Waals surface area contributed by atoms with Gasteiger partial charge in [0.1, 0.15) is 11.4 Å². The number of anilines is 1. The Labute approximate surface area is 106 Å². The summed E-state index contributed by atoms with van der Waals surface area (Å²) in [7, 11) is 0. The number of amides is 1. The summed E-state index contributed by atoms with van der Waals surface area (Å²) in [5.41, 5.74) is 14.1. The molecule has 0 spiro atoms. The Kier molecular flexibility index (Phi) is 2.15. The van der Waals surface area contributed by atoms with E-state index in [1.807, 2.05) is 12.1 Å². The van der Waals surface area contributed by atoms with Gasteiger partial charge >= 0.3 is 0 Å². The summed E-state index contributed by atoms with van der Waals surface area (Å²) in [4.78, 5) is 11.1. The molecule has 0 radical (unpaired) electrons. The van der Waals surface area contributed by atoms with E-state index in [1.165, 1.54) is 0 Å². The lowest BCUT2D eigenvalue weighted by atomic mass is 9.98. The molecule has 96 valence electrons. The van der Waals surface area contributed by atoms with Crippen LogP contribution in [0.1, 0.15) is 37.3 Å². The molecular weight excluding hydrogens is 228 g/mol. The second-order valence-corrected chi connectivity index (χ2v) is 5.98. The van der Waals surface area contributed by atoms with Crippen LogP contribution in [0.15, 0.2) is 12.1 Å². The fourth-order valence-electron chi connectivity index (χ4n) is 2.86. The fourth-order valence-corrected chi connectivity index (χ4v) is 2.86. The number of carbonyl (C=O) groups excluding carboxylic acids is 1. The van der Waals surface area contributed by atoms with Crippen molar-refractivity contribution >= 4 is 11.6 Å². The molecule has 0 saturated heterocycles. The van der Waals surface area contributed by atoms with Crippen LogP contribution < -0.4 is 16.2 Å². The number of nitrogen functional groups attached to an aromatic ring is 1. The maximum absolute atomic E-state index is 11.1. The quantitative estimate of drug-likeness (QED) is 0.777. The summed E-state index contributed by atoms with van der Waals surface area (Å²) in [6.07, 6.45) is 1.68. The number of carbonyl (C=O) groups is 1. The van der Waals surface area contributed by atoms with Crippen LogP contribution in [-0.2, 0) is 11.2 Å². The largest absolute Gasteiger partial charge is 0.487 e. The van der Waals surface area contributed by atoms with Gasteiger partial charge in [-0.15, -0.1) is 0 Å². The van der Waals surface area contributed by atoms with Crippen LogP contribution in [0.3, 0.4) is 0 Å². The van der Waals surface area contributed by atoms with Crippen LogP contribution in [0.4, 0.5) is 5.69 Å². The molecule has 1 aliphatic carbocycles. The Morgan fingerprint density at radius 3 is 2.78 bits per heavy atom. The van der Waals surface area contributed by atoms with Gasteiger partial charge in [-0.05, 0) is 43.9 Å². The number of rotatable bonds is 2. The van der Waals surface area contributed by atoms with Crippen molar-refractivity contribution in [2.24, 2.45) is 11.7 Å². The SMILES string of the molecule is CC1(C)Cc2cc(N)c([C@@H]3C[C@H]3C(N)=O)cc2O1. The normalized spacial score (nSPS) is 27.4. The number of benzene rings is 1. The minimum atomic E-state index is -0.235. The van der Waals surface area contributed by atoms with Crippen molar-refractivity contribution in [2.75, 3.05) is 5.73 Å². The monoisotopic (exact) mass is 246 g/mol. The Morgan fingerprint density at radius 1 is 1.44 bits per heavy atom. The van der Waals surface area contributed by atoms with E-state index >= 15 is 0 Å². The summed E-state index contributed by atoms with van der Waals surface area (Å²) >= 11 is 0. The lowest BCUT2D eigenvalue weighted by Gasteiger charge is -2.17. The van der Waals surface area contributed by atoms with Gasteiger partial charge < -0.3 is 16.2 Å². The third-order valence-electron chi connectivity index (χ3n) is 3.82. The molecule has 2 aliphatic rings. The molecule has 3 rings (SSSR count). The molecule has 1 aromatic carbocycles. The first-order valence-electron chi connectivity index (χ1n) is 6.28. The molecule has 1 fully saturated rings. The lowest BCUT2D eigenvalue weighted by molar-refractivity contribution is -0.119. The van der Waals surface area contributed by atoms with Crippen molar-refractivity contribution in [2.45, 2.75) is 38.2 Å². The standard InChI is InChI=1S/C14H18N2O2/c1-14(2)6-7-3-11(15)9(5-12(7)18-14)8-4-10(8)13(16)17/h3,5,8,10H,4,6,15H2,1-2H3,(H2,16,17)/t8-,10+/m0/s1. The van der Waals surface area contributed by atoms with Crippen molar-refractivity contribution in [3.63, 3.8) is 0 Å². The van der Waals surface area contributed by atoms with Crippen LogP contribution in [0, 0.1) is 5.92 Å². The zero-order valence-corrected chi connectivity index (χ0v) is 10.7. The average molecular weight is 246 g/mol. The Bertz CT molecular complexity index is 537. The smallest absolute Gasteiger partial charge is 0.221 e. The number of nitrogens with two attached hydrogens (primary N) is 2. The van der Waals surface area contributed by atoms with Gasteiger partial charge in [-0.1, -0.05) is 0 Å². The van der Waals surface area contributed by atoms with E-state index in [2.05, 4.69) is 13.8 Å². The molecule has 1 saturated carbocycles. The highest BCUT2D eigenvalue weighted by molar-refractivity contribution is 5.82. The van der Waals surface area contributed by atoms with Crippen LogP contribution in [0.5, 0.6) is 5.75 Å². The molecule has 4 nitrogen and oxygen atoms in total. The molecule has 0 bridgehead atoms. The highest BCUT2D eigenvalue weighted by atomic mass is 16.5. The number of hydrogen-bond donors (Lipinski definition) is 2. The Morgan fingerprint density at radius 2 is 2.17 bits per heavy atom. The molecular formula is C14H18N2O2. The second-order valence-electron chi connectivity index (χ2n) is 5.98. The van der Waals surface area contributed by atoms with Gasteiger partial charge in [0.05, 0.1) is 0 Å². The summed E-state index contributed by atoms with van der Waals surface area (Å²) in [6.45, 7) is 4.12. The first-order valence-corrected chi connectivity index (χ1v) is 6.28. The second kappa shape index (κ2) is 3.40. The summed E-state index contributed by atoms with van der Waals surface area (Å²) in [5.74, 6) is 0.792. The molecule has 18 heavy (non-hydrogen) atoms. The maximum atomic E-state index is 11.1. The van der Waals surface area contributed by atoms with Crippen molar-refractivity contribution in [1.82, 2.24) is 0 Å². The van der Waals surface area contributed by atoms with E-state index in [0.29, 0.717) is 0 Å². The Hall–Kier alpha value is -1.71. The van der Waals surface area contributed by atoms with E-state index < -0.39 is 0 Å². The molecule has 1 heterocycles. The predicted molar refractivity (Wildman–Crippen MR) is 69.3 cm³/mol. The van der Waals surface area contributed by atoms with Crippen molar-refractivity contribution in [1.29, 1.82) is 0 Å². The molecule has 1 aliphatic heterocycles. The number of hydrogen-bond acceptors (Lipinski definition) is 3. The van der Waals surface area contributed by atoms with Gasteiger partial charge in [-0.2, -0.15) is 0 Å². The van der Waals surface area contributed by atoms with Gasteiger partial charge in [0, 0.05) is 23.6 Å². The summed E-state index contributed by atoms with van der Waals surface area (Å²) in [6, 6.07) is 3.98. The predicted octanol–water partition coefficient (Wildman–Crippen LogP) is 1.57. The van der Waals surface area contributed by atoms with Crippen LogP contribution in [0.25, 0.3) is 0 Å². The van der Waals surface area contributed by atoms with E-state index in [1.54, 1.807) is 0 Å². The first-order chi connectivity index (χ1) is 8.37. The summed E-state index contributed by atoms with van der Waals surface area (Å²) < 4.78 is 5.89. The number of ether oxygens (including phenoxy) is 1. The van der Waals surface area contributed by atoms with Gasteiger partial charge in [0.2, 0.25) is 5.91 Å². The van der Waals surface area contributed by atoms with Gasteiger partial charge in [0.15, 0.2) is 0 Å². The topological polar surface area (TPSA) is 78.3 Å². The van der Waals surface area contributed by atoms with Crippen LogP contribution in [-0.4, -0.2) is 11.5 Å². The highest BCUT2D eigenvalue weighted by Gasteiger charge is 2.44. The molecule has 4 heteroatoms. The minimum Gasteiger partial charge on any atom is -0.487 e. The van der Waals surface area contributed by atoms with Crippen molar-refractivity contribution in [3.05, 3.63) is 23.3 Å². The van der Waals surface area contributed by atoms with Gasteiger partial charge in [0.25, 0.3) is 0 Å². The van der Waals surface area contributed by atoms with Gasteiger partial charge in [-0.3, -0.25) is 4.79 Å². The first kappa shape index (κ1) is 11.4. The van der Waals surface area contributed by atoms with E-state index in [0.717, 1.165) is 35.4 Å². The van der Waals surface area contributed by atoms with E-state index in [4.69, 9.17) is 16.2 Å². The zero-order chi connectivity index (χ0) is 13.1. The zero-order valence-electron chi connectivity index (χ0n) is 10.7. The van der Waals surface area contributed by atoms with Crippen molar-refractivity contribution in [3.8, 4) is 5.75 Å². The number of primary amides is 1. The number of fused-ring (bicyclic) bond motifs is 1. The van der Waals surface area contributed by atoms with Crippen LogP contribution >= 0.6 is 0 Å². The molecule has 0 aromatic heterocycles. The fraction of sp³-hybridized carbons (Fsp3) is 0.500. The molecule has 1 amide bonds. The lowest BCUT2D eigenvalue weighted by Crippen LogP contribution is -2.24.